The maximum Gasteiger partial charge on any atom is 0.136 e. The molecule has 0 aliphatic heterocycles. The minimum absolute atomic E-state index is 0.461. The van der Waals surface area contributed by atoms with E-state index in [1.54, 1.807) is 0 Å². The zero-order chi connectivity index (χ0) is 8.55. The fraction of sp³-hybridized carbons (Fsp3) is 0.909. The molecule has 0 aromatic rings. The van der Waals surface area contributed by atoms with E-state index in [2.05, 4.69) is 6.92 Å². The number of carbonyl (C=O) groups excluding carboxylic acids is 1. The maximum absolute atomic E-state index is 11.6. The van der Waals surface area contributed by atoms with Crippen molar-refractivity contribution in [2.75, 3.05) is 0 Å². The van der Waals surface area contributed by atoms with Gasteiger partial charge in [-0.2, -0.15) is 0 Å². The van der Waals surface area contributed by atoms with Gasteiger partial charge in [-0.25, -0.2) is 0 Å². The van der Waals surface area contributed by atoms with Gasteiger partial charge in [0.1, 0.15) is 5.78 Å². The van der Waals surface area contributed by atoms with E-state index >= 15 is 0 Å². The highest BCUT2D eigenvalue weighted by Gasteiger charge is 2.36. The van der Waals surface area contributed by atoms with Gasteiger partial charge in [-0.3, -0.25) is 4.79 Å². The molecule has 2 fully saturated rings. The summed E-state index contributed by atoms with van der Waals surface area (Å²) in [7, 11) is 0. The van der Waals surface area contributed by atoms with Crippen LogP contribution in [0.2, 0.25) is 0 Å². The van der Waals surface area contributed by atoms with E-state index < -0.39 is 0 Å². The largest absolute Gasteiger partial charge is 0.299 e. The van der Waals surface area contributed by atoms with Crippen LogP contribution in [0.1, 0.15) is 45.4 Å². The van der Waals surface area contributed by atoms with Crippen molar-refractivity contribution in [1.29, 1.82) is 0 Å². The van der Waals surface area contributed by atoms with Gasteiger partial charge in [0.05, 0.1) is 0 Å². The van der Waals surface area contributed by atoms with Crippen LogP contribution in [0.5, 0.6) is 0 Å². The number of hydrogen-bond donors (Lipinski definition) is 0. The van der Waals surface area contributed by atoms with E-state index in [4.69, 9.17) is 0 Å². The summed E-state index contributed by atoms with van der Waals surface area (Å²) in [5, 5.41) is 0. The lowest BCUT2D eigenvalue weighted by molar-refractivity contribution is -0.122. The molecule has 0 heterocycles. The van der Waals surface area contributed by atoms with Crippen molar-refractivity contribution in [2.24, 2.45) is 17.8 Å². The summed E-state index contributed by atoms with van der Waals surface area (Å²) < 4.78 is 0. The molecule has 0 N–H and O–H groups in total. The van der Waals surface area contributed by atoms with E-state index in [0.29, 0.717) is 17.6 Å². The quantitative estimate of drug-likeness (QED) is 0.585. The maximum atomic E-state index is 11.6. The fourth-order valence-electron chi connectivity index (χ4n) is 2.96. The van der Waals surface area contributed by atoms with Crippen molar-refractivity contribution in [3.8, 4) is 0 Å². The minimum atomic E-state index is 0.461. The molecule has 12 heavy (non-hydrogen) atoms. The molecule has 1 nitrogen and oxygen atoms in total. The lowest BCUT2D eigenvalue weighted by Gasteiger charge is -2.15. The predicted octanol–water partition coefficient (Wildman–Crippen LogP) is 2.79. The Kier molecular flexibility index (Phi) is 2.20. The van der Waals surface area contributed by atoms with Gasteiger partial charge in [-0.05, 0) is 31.1 Å². The molecule has 0 aromatic carbocycles. The first-order valence-electron chi connectivity index (χ1n) is 5.30. The third-order valence-electron chi connectivity index (χ3n) is 3.59. The SMILES string of the molecule is CC1CC(=O)C(C2CCCC2)C1. The number of ketones is 1. The van der Waals surface area contributed by atoms with E-state index in [0.717, 1.165) is 12.3 Å². The van der Waals surface area contributed by atoms with Crippen LogP contribution >= 0.6 is 0 Å². The first-order chi connectivity index (χ1) is 5.77. The average Bonchev–Trinajstić information content (AvgIpc) is 2.58. The van der Waals surface area contributed by atoms with Gasteiger partial charge in [-0.15, -0.1) is 0 Å². The van der Waals surface area contributed by atoms with Crippen molar-refractivity contribution >= 4 is 5.78 Å². The van der Waals surface area contributed by atoms with Crippen LogP contribution in [0.3, 0.4) is 0 Å². The first-order valence-corrected chi connectivity index (χ1v) is 5.30. The van der Waals surface area contributed by atoms with E-state index in [1.165, 1.54) is 32.1 Å². The van der Waals surface area contributed by atoms with Gasteiger partial charge < -0.3 is 0 Å². The topological polar surface area (TPSA) is 17.1 Å². The molecule has 0 radical (unpaired) electrons. The Morgan fingerprint density at radius 3 is 2.42 bits per heavy atom. The Labute approximate surface area is 74.5 Å². The zero-order valence-electron chi connectivity index (χ0n) is 7.88. The first kappa shape index (κ1) is 8.28. The molecular formula is C11H18O. The van der Waals surface area contributed by atoms with Crippen LogP contribution in [-0.2, 0) is 4.79 Å². The average molecular weight is 166 g/mol. The Balaban J connectivity index is 1.98. The standard InChI is InChI=1S/C11H18O/c1-8-6-10(11(12)7-8)9-4-2-3-5-9/h8-10H,2-7H2,1H3. The molecule has 0 saturated heterocycles. The molecule has 2 unspecified atom stereocenters. The number of carbonyl (C=O) groups is 1. The molecule has 2 saturated carbocycles. The highest BCUT2D eigenvalue weighted by Crippen LogP contribution is 2.40. The van der Waals surface area contributed by atoms with Crippen LogP contribution < -0.4 is 0 Å². The van der Waals surface area contributed by atoms with E-state index in [1.807, 2.05) is 0 Å². The molecule has 0 aromatic heterocycles. The van der Waals surface area contributed by atoms with Crippen molar-refractivity contribution < 1.29 is 4.79 Å². The molecule has 1 heteroatoms. The van der Waals surface area contributed by atoms with Crippen molar-refractivity contribution in [1.82, 2.24) is 0 Å². The second-order valence-electron chi connectivity index (χ2n) is 4.66. The Hall–Kier alpha value is -0.330. The van der Waals surface area contributed by atoms with Crippen molar-refractivity contribution in [3.63, 3.8) is 0 Å². The molecule has 0 spiro atoms. The Bertz CT molecular complexity index is 179. The third kappa shape index (κ3) is 1.41. The van der Waals surface area contributed by atoms with Crippen LogP contribution in [-0.4, -0.2) is 5.78 Å². The molecule has 0 bridgehead atoms. The zero-order valence-corrected chi connectivity index (χ0v) is 7.88. The van der Waals surface area contributed by atoms with E-state index in [9.17, 15) is 4.79 Å². The summed E-state index contributed by atoms with van der Waals surface area (Å²) in [6, 6.07) is 0. The molecule has 2 atom stereocenters. The van der Waals surface area contributed by atoms with Gasteiger partial charge in [0.25, 0.3) is 0 Å². The summed E-state index contributed by atoms with van der Waals surface area (Å²) in [6.45, 7) is 2.22. The lowest BCUT2D eigenvalue weighted by atomic mass is 9.88. The highest BCUT2D eigenvalue weighted by molar-refractivity contribution is 5.83. The summed E-state index contributed by atoms with van der Waals surface area (Å²) in [6.07, 6.45) is 7.42. The summed E-state index contributed by atoms with van der Waals surface area (Å²) in [5.74, 6) is 2.46. The number of hydrogen-bond acceptors (Lipinski definition) is 1. The number of rotatable bonds is 1. The normalized spacial score (nSPS) is 37.9. The van der Waals surface area contributed by atoms with E-state index in [-0.39, 0.29) is 0 Å². The lowest BCUT2D eigenvalue weighted by Crippen LogP contribution is -2.15. The molecule has 2 rings (SSSR count). The Morgan fingerprint density at radius 1 is 1.25 bits per heavy atom. The summed E-state index contributed by atoms with van der Waals surface area (Å²) in [5.41, 5.74) is 0. The highest BCUT2D eigenvalue weighted by atomic mass is 16.1. The molecule has 0 amide bonds. The molecule has 2 aliphatic carbocycles. The van der Waals surface area contributed by atoms with Gasteiger partial charge in [0, 0.05) is 12.3 Å². The second kappa shape index (κ2) is 3.20. The monoisotopic (exact) mass is 166 g/mol. The second-order valence-corrected chi connectivity index (χ2v) is 4.66. The summed E-state index contributed by atoms with van der Waals surface area (Å²) >= 11 is 0. The van der Waals surface area contributed by atoms with Crippen LogP contribution in [0.15, 0.2) is 0 Å². The van der Waals surface area contributed by atoms with Gasteiger partial charge in [-0.1, -0.05) is 19.8 Å². The third-order valence-corrected chi connectivity index (χ3v) is 3.59. The van der Waals surface area contributed by atoms with Crippen molar-refractivity contribution in [2.45, 2.75) is 45.4 Å². The number of Topliss-reactive ketones (excluding diaryl/α,β-unsaturated/α-hetero) is 1. The smallest absolute Gasteiger partial charge is 0.136 e. The van der Waals surface area contributed by atoms with Crippen molar-refractivity contribution in [3.05, 3.63) is 0 Å². The van der Waals surface area contributed by atoms with Gasteiger partial charge in [0.2, 0.25) is 0 Å². The molecular weight excluding hydrogens is 148 g/mol. The summed E-state index contributed by atoms with van der Waals surface area (Å²) in [4.78, 5) is 11.6. The van der Waals surface area contributed by atoms with Gasteiger partial charge in [0.15, 0.2) is 0 Å². The fourth-order valence-corrected chi connectivity index (χ4v) is 2.96. The molecule has 68 valence electrons. The van der Waals surface area contributed by atoms with Crippen LogP contribution in [0, 0.1) is 17.8 Å². The Morgan fingerprint density at radius 2 is 1.92 bits per heavy atom. The van der Waals surface area contributed by atoms with Crippen LogP contribution in [0.4, 0.5) is 0 Å². The predicted molar refractivity (Wildman–Crippen MR) is 48.9 cm³/mol. The van der Waals surface area contributed by atoms with Gasteiger partial charge >= 0.3 is 0 Å². The van der Waals surface area contributed by atoms with Crippen LogP contribution in [0.25, 0.3) is 0 Å². The minimum Gasteiger partial charge on any atom is -0.299 e. The molecule has 2 aliphatic rings.